The maximum Gasteiger partial charge on any atom is 0.154 e. The molecule has 0 unspecified atom stereocenters. The Labute approximate surface area is 92.3 Å². The molecule has 0 atom stereocenters. The molecule has 0 saturated heterocycles. The van der Waals surface area contributed by atoms with Gasteiger partial charge in [-0.1, -0.05) is 29.2 Å². The Hall–Kier alpha value is -1.48. The van der Waals surface area contributed by atoms with Crippen molar-refractivity contribution in [3.8, 4) is 0 Å². The van der Waals surface area contributed by atoms with Gasteiger partial charge in [-0.25, -0.2) is 0 Å². The molecule has 2 nitrogen and oxygen atoms in total. The van der Waals surface area contributed by atoms with Gasteiger partial charge in [0.25, 0.3) is 0 Å². The van der Waals surface area contributed by atoms with Crippen molar-refractivity contribution in [3.05, 3.63) is 35.6 Å². The molecule has 3 rings (SSSR count). The first-order valence-corrected chi connectivity index (χ1v) is 4.85. The van der Waals surface area contributed by atoms with Crippen molar-refractivity contribution in [2.45, 2.75) is 0 Å². The molecule has 3 aromatic rings. The van der Waals surface area contributed by atoms with Gasteiger partial charge in [0.05, 0.1) is 11.2 Å². The average molecular weight is 213 g/mol. The smallest absolute Gasteiger partial charge is 0.154 e. The third-order valence-electron chi connectivity index (χ3n) is 2.39. The van der Waals surface area contributed by atoms with Crippen LogP contribution in [0.1, 0.15) is 0 Å². The standard InChI is InChI=1S/C11H5BClNO/c12-7-4-14-5-9-10(7)6-2-1-3-8(13)11(6)15-9/h1-5H. The number of hydrogen-bond acceptors (Lipinski definition) is 2. The predicted molar refractivity (Wildman–Crippen MR) is 61.9 cm³/mol. The minimum Gasteiger partial charge on any atom is -0.453 e. The molecule has 0 amide bonds. The van der Waals surface area contributed by atoms with Gasteiger partial charge in [-0.05, 0) is 6.07 Å². The van der Waals surface area contributed by atoms with Crippen LogP contribution in [0.15, 0.2) is 35.0 Å². The topological polar surface area (TPSA) is 26.0 Å². The molecule has 15 heavy (non-hydrogen) atoms. The van der Waals surface area contributed by atoms with Gasteiger partial charge in [0.15, 0.2) is 11.2 Å². The van der Waals surface area contributed by atoms with Crippen LogP contribution < -0.4 is 5.46 Å². The van der Waals surface area contributed by atoms with Crippen LogP contribution in [0.5, 0.6) is 0 Å². The number of rotatable bonds is 0. The summed E-state index contributed by atoms with van der Waals surface area (Å²) in [7, 11) is 5.85. The lowest BCUT2D eigenvalue weighted by atomic mass is 9.93. The van der Waals surface area contributed by atoms with E-state index in [4.69, 9.17) is 23.9 Å². The quantitative estimate of drug-likeness (QED) is 0.536. The molecule has 0 saturated carbocycles. The summed E-state index contributed by atoms with van der Waals surface area (Å²) in [5.74, 6) is 0. The Bertz CT molecular complexity index is 662. The summed E-state index contributed by atoms with van der Waals surface area (Å²) < 4.78 is 5.59. The van der Waals surface area contributed by atoms with Crippen LogP contribution in [0, 0.1) is 0 Å². The third-order valence-corrected chi connectivity index (χ3v) is 2.69. The first kappa shape index (κ1) is 8.80. The van der Waals surface area contributed by atoms with Crippen molar-refractivity contribution in [2.24, 2.45) is 0 Å². The van der Waals surface area contributed by atoms with Crippen LogP contribution in [0.25, 0.3) is 21.9 Å². The largest absolute Gasteiger partial charge is 0.453 e. The van der Waals surface area contributed by atoms with E-state index >= 15 is 0 Å². The molecule has 2 aromatic heterocycles. The maximum atomic E-state index is 6.03. The van der Waals surface area contributed by atoms with Crippen LogP contribution >= 0.6 is 11.6 Å². The normalized spacial score (nSPS) is 11.3. The number of hydrogen-bond donors (Lipinski definition) is 0. The van der Waals surface area contributed by atoms with E-state index in [2.05, 4.69) is 4.98 Å². The van der Waals surface area contributed by atoms with Crippen LogP contribution in [0.3, 0.4) is 0 Å². The minimum absolute atomic E-state index is 0.586. The Kier molecular flexibility index (Phi) is 1.76. The second kappa shape index (κ2) is 3.01. The van der Waals surface area contributed by atoms with Crippen molar-refractivity contribution in [1.82, 2.24) is 4.98 Å². The number of para-hydroxylation sites is 1. The Morgan fingerprint density at radius 3 is 3.00 bits per heavy atom. The highest BCUT2D eigenvalue weighted by Gasteiger charge is 2.10. The van der Waals surface area contributed by atoms with Crippen molar-refractivity contribution in [3.63, 3.8) is 0 Å². The van der Waals surface area contributed by atoms with Crippen LogP contribution in [-0.2, 0) is 0 Å². The molecule has 70 valence electrons. The second-order valence-electron chi connectivity index (χ2n) is 3.32. The molecule has 4 heteroatoms. The summed E-state index contributed by atoms with van der Waals surface area (Å²) >= 11 is 6.03. The summed E-state index contributed by atoms with van der Waals surface area (Å²) in [6, 6.07) is 5.60. The average Bonchev–Trinajstić information content (AvgIpc) is 2.59. The van der Waals surface area contributed by atoms with Crippen molar-refractivity contribution >= 4 is 46.8 Å². The van der Waals surface area contributed by atoms with Crippen molar-refractivity contribution in [2.75, 3.05) is 0 Å². The van der Waals surface area contributed by atoms with Gasteiger partial charge < -0.3 is 4.42 Å². The fraction of sp³-hybridized carbons (Fsp3) is 0. The Balaban J connectivity index is 2.65. The molecule has 0 N–H and O–H groups in total. The van der Waals surface area contributed by atoms with E-state index in [1.165, 1.54) is 0 Å². The van der Waals surface area contributed by atoms with E-state index < -0.39 is 0 Å². The lowest BCUT2D eigenvalue weighted by Gasteiger charge is -1.93. The SMILES string of the molecule is [B]c1cncc2oc3c(Cl)cccc3c12. The molecule has 2 radical (unpaired) electrons. The third kappa shape index (κ3) is 1.16. The predicted octanol–water partition coefficient (Wildman–Crippen LogP) is 2.43. The molecular weight excluding hydrogens is 208 g/mol. The molecule has 2 heterocycles. The van der Waals surface area contributed by atoms with Gasteiger partial charge in [0, 0.05) is 17.0 Å². The maximum absolute atomic E-state index is 6.03. The Morgan fingerprint density at radius 2 is 2.13 bits per heavy atom. The first-order chi connectivity index (χ1) is 7.27. The number of aromatic nitrogens is 1. The van der Waals surface area contributed by atoms with Gasteiger partial charge >= 0.3 is 0 Å². The molecule has 0 fully saturated rings. The molecule has 0 spiro atoms. The highest BCUT2D eigenvalue weighted by molar-refractivity contribution is 6.42. The fourth-order valence-electron chi connectivity index (χ4n) is 1.74. The van der Waals surface area contributed by atoms with Crippen molar-refractivity contribution < 1.29 is 4.42 Å². The van der Waals surface area contributed by atoms with E-state index in [1.54, 1.807) is 18.5 Å². The summed E-state index contributed by atoms with van der Waals surface area (Å²) in [6.45, 7) is 0. The number of benzene rings is 1. The molecule has 1 aromatic carbocycles. The zero-order chi connectivity index (χ0) is 10.4. The molecule has 0 aliphatic carbocycles. The van der Waals surface area contributed by atoms with E-state index in [0.29, 0.717) is 21.7 Å². The number of pyridine rings is 1. The Morgan fingerprint density at radius 1 is 1.27 bits per heavy atom. The summed E-state index contributed by atoms with van der Waals surface area (Å²) in [5, 5.41) is 2.39. The number of fused-ring (bicyclic) bond motifs is 3. The van der Waals surface area contributed by atoms with Gasteiger partial charge in [-0.15, -0.1) is 0 Å². The van der Waals surface area contributed by atoms with Gasteiger partial charge in [0.1, 0.15) is 7.85 Å². The summed E-state index contributed by atoms with van der Waals surface area (Å²) in [4.78, 5) is 3.98. The molecule has 0 aliphatic heterocycles. The highest BCUT2D eigenvalue weighted by Crippen LogP contribution is 2.31. The lowest BCUT2D eigenvalue weighted by molar-refractivity contribution is 0.667. The van der Waals surface area contributed by atoms with E-state index in [-0.39, 0.29) is 0 Å². The minimum atomic E-state index is 0.586. The van der Waals surface area contributed by atoms with Gasteiger partial charge in [-0.3, -0.25) is 4.98 Å². The number of furan rings is 1. The van der Waals surface area contributed by atoms with Crippen LogP contribution in [0.4, 0.5) is 0 Å². The number of halogens is 1. The van der Waals surface area contributed by atoms with E-state index in [0.717, 1.165) is 10.8 Å². The highest BCUT2D eigenvalue weighted by atomic mass is 35.5. The summed E-state index contributed by atoms with van der Waals surface area (Å²) in [5.41, 5.74) is 1.93. The summed E-state index contributed by atoms with van der Waals surface area (Å²) in [6.07, 6.45) is 3.25. The zero-order valence-electron chi connectivity index (χ0n) is 7.70. The number of nitrogens with zero attached hydrogens (tertiary/aromatic N) is 1. The zero-order valence-corrected chi connectivity index (χ0v) is 8.45. The van der Waals surface area contributed by atoms with E-state index in [9.17, 15) is 0 Å². The first-order valence-electron chi connectivity index (χ1n) is 4.47. The van der Waals surface area contributed by atoms with Crippen molar-refractivity contribution in [1.29, 1.82) is 0 Å². The fourth-order valence-corrected chi connectivity index (χ4v) is 1.95. The molecule has 0 bridgehead atoms. The molecular formula is C11H5BClNO. The molecule has 0 aliphatic rings. The lowest BCUT2D eigenvalue weighted by Crippen LogP contribution is -2.02. The monoisotopic (exact) mass is 213 g/mol. The van der Waals surface area contributed by atoms with E-state index in [1.807, 2.05) is 12.1 Å². The van der Waals surface area contributed by atoms with Crippen LogP contribution in [-0.4, -0.2) is 12.8 Å². The second-order valence-corrected chi connectivity index (χ2v) is 3.73. The van der Waals surface area contributed by atoms with Gasteiger partial charge in [-0.2, -0.15) is 0 Å². The van der Waals surface area contributed by atoms with Crippen LogP contribution in [0.2, 0.25) is 5.02 Å². The van der Waals surface area contributed by atoms with Gasteiger partial charge in [0.2, 0.25) is 0 Å².